The molecule has 4 heterocycles. The number of nitrogens with zero attached hydrogens (tertiary/aromatic N) is 4. The summed E-state index contributed by atoms with van der Waals surface area (Å²) in [6.45, 7) is 4.91. The minimum absolute atomic E-state index is 0.0750. The first-order valence-electron chi connectivity index (χ1n) is 19.4. The number of aromatic nitrogens is 5. The summed E-state index contributed by atoms with van der Waals surface area (Å²) in [5, 5.41) is 5.88. The average Bonchev–Trinajstić information content (AvgIpc) is 4.07. The molecular weight excluding hydrogens is 693 g/mol. The summed E-state index contributed by atoms with van der Waals surface area (Å²) in [4.78, 5) is 61.6. The zero-order valence-corrected chi connectivity index (χ0v) is 31.5. The van der Waals surface area contributed by atoms with Gasteiger partial charge in [-0.1, -0.05) is 68.4 Å². The van der Waals surface area contributed by atoms with Gasteiger partial charge in [-0.3, -0.25) is 14.6 Å². The monoisotopic (exact) mass is 740 g/mol. The maximum atomic E-state index is 13.5. The van der Waals surface area contributed by atoms with E-state index in [-0.39, 0.29) is 35.6 Å². The molecule has 55 heavy (non-hydrogen) atoms. The Morgan fingerprint density at radius 1 is 0.836 bits per heavy atom. The maximum Gasteiger partial charge on any atom is 0.407 e. The molecule has 2 saturated carbocycles. The number of pyridine rings is 1. The van der Waals surface area contributed by atoms with E-state index in [1.165, 1.54) is 7.11 Å². The van der Waals surface area contributed by atoms with Crippen LogP contribution < -0.4 is 10.6 Å². The van der Waals surface area contributed by atoms with Crippen molar-refractivity contribution in [3.8, 4) is 33.6 Å². The second-order valence-electron chi connectivity index (χ2n) is 15.5. The number of amides is 3. The van der Waals surface area contributed by atoms with Gasteiger partial charge in [0.1, 0.15) is 17.7 Å². The molecule has 1 saturated heterocycles. The Hall–Kier alpha value is -5.78. The summed E-state index contributed by atoms with van der Waals surface area (Å²) in [5.74, 6) is 2.42. The van der Waals surface area contributed by atoms with Gasteiger partial charge in [-0.25, -0.2) is 14.8 Å². The van der Waals surface area contributed by atoms with Gasteiger partial charge in [0.2, 0.25) is 11.8 Å². The van der Waals surface area contributed by atoms with E-state index in [4.69, 9.17) is 9.72 Å². The van der Waals surface area contributed by atoms with Crippen molar-refractivity contribution in [2.75, 3.05) is 13.7 Å². The highest BCUT2D eigenvalue weighted by atomic mass is 16.5. The summed E-state index contributed by atoms with van der Waals surface area (Å²) in [7, 11) is 1.30. The van der Waals surface area contributed by atoms with E-state index in [0.29, 0.717) is 24.9 Å². The smallest absolute Gasteiger partial charge is 0.407 e. The van der Waals surface area contributed by atoms with E-state index in [1.54, 1.807) is 12.4 Å². The highest BCUT2D eigenvalue weighted by Gasteiger charge is 2.52. The number of likely N-dealkylation sites (tertiary alicyclic amines) is 1. The molecule has 6 atom stereocenters. The van der Waals surface area contributed by atoms with Crippen molar-refractivity contribution < 1.29 is 19.1 Å². The Kier molecular flexibility index (Phi) is 10.2. The van der Waals surface area contributed by atoms with Crippen molar-refractivity contribution in [2.45, 2.75) is 70.5 Å². The number of H-pyrrole nitrogens is 2. The second kappa shape index (κ2) is 15.5. The predicted octanol–water partition coefficient (Wildman–Crippen LogP) is 7.02. The number of rotatable bonds is 11. The molecule has 2 aromatic carbocycles. The summed E-state index contributed by atoms with van der Waals surface area (Å²) in [6.07, 6.45) is 11.6. The number of hydrogen-bond acceptors (Lipinski definition) is 7. The first-order chi connectivity index (χ1) is 26.8. The third-order valence-corrected chi connectivity index (χ3v) is 11.9. The fraction of sp³-hybridized carbons (Fsp3) is 0.395. The maximum absolute atomic E-state index is 13.5. The van der Waals surface area contributed by atoms with E-state index >= 15 is 0 Å². The quantitative estimate of drug-likeness (QED) is 0.113. The normalized spacial score (nSPS) is 22.2. The molecule has 2 bridgehead atoms. The van der Waals surface area contributed by atoms with Crippen LogP contribution in [0.2, 0.25) is 0 Å². The SMILES string of the molecule is COC(=O)N[C@H](C(=O)N1CCC[C@H]1c1ncc(-c2ccc(-c3ccc(-c4cnc(C5C6CCC(C6)[C@@H]5C(=O)NCc5cccnc5)[nH]4)cc3)cc2)[nH]1)C(C)C. The minimum Gasteiger partial charge on any atom is -0.453 e. The molecule has 3 aromatic heterocycles. The topological polar surface area (TPSA) is 158 Å². The number of fused-ring (bicyclic) bond motifs is 2. The van der Waals surface area contributed by atoms with Crippen molar-refractivity contribution in [1.29, 1.82) is 0 Å². The first kappa shape index (κ1) is 36.2. The number of carbonyl (C=O) groups excluding carboxylic acids is 3. The number of nitrogens with one attached hydrogen (secondary N) is 4. The number of carbonyl (C=O) groups is 3. The fourth-order valence-electron chi connectivity index (χ4n) is 9.05. The van der Waals surface area contributed by atoms with Gasteiger partial charge >= 0.3 is 6.09 Å². The van der Waals surface area contributed by atoms with Gasteiger partial charge in [0.25, 0.3) is 0 Å². The lowest BCUT2D eigenvalue weighted by Crippen LogP contribution is -2.51. The number of alkyl carbamates (subject to hydrolysis) is 1. The van der Waals surface area contributed by atoms with Gasteiger partial charge in [-0.05, 0) is 83.7 Å². The van der Waals surface area contributed by atoms with Crippen LogP contribution in [0.3, 0.4) is 0 Å². The molecule has 8 rings (SSSR count). The lowest BCUT2D eigenvalue weighted by Gasteiger charge is -2.30. The van der Waals surface area contributed by atoms with Crippen LogP contribution in [0.4, 0.5) is 4.79 Å². The Morgan fingerprint density at radius 3 is 2.11 bits per heavy atom. The molecule has 3 amide bonds. The second-order valence-corrected chi connectivity index (χ2v) is 15.5. The lowest BCUT2D eigenvalue weighted by molar-refractivity contribution is -0.135. The summed E-state index contributed by atoms with van der Waals surface area (Å²) in [5.41, 5.74) is 7.06. The van der Waals surface area contributed by atoms with Crippen LogP contribution in [-0.4, -0.2) is 67.4 Å². The Balaban J connectivity index is 0.918. The zero-order valence-electron chi connectivity index (χ0n) is 31.5. The summed E-state index contributed by atoms with van der Waals surface area (Å²) in [6, 6.07) is 19.8. The van der Waals surface area contributed by atoms with Gasteiger partial charge in [0.15, 0.2) is 0 Å². The zero-order chi connectivity index (χ0) is 38.1. The largest absolute Gasteiger partial charge is 0.453 e. The van der Waals surface area contributed by atoms with Crippen molar-refractivity contribution in [1.82, 2.24) is 40.5 Å². The number of hydrogen-bond donors (Lipinski definition) is 4. The van der Waals surface area contributed by atoms with E-state index in [2.05, 4.69) is 79.1 Å². The molecule has 4 N–H and O–H groups in total. The van der Waals surface area contributed by atoms with Crippen molar-refractivity contribution in [3.05, 3.63) is 103 Å². The van der Waals surface area contributed by atoms with Crippen LogP contribution in [0.25, 0.3) is 33.6 Å². The van der Waals surface area contributed by atoms with Crippen LogP contribution in [0.5, 0.6) is 0 Å². The molecule has 1 aliphatic heterocycles. The number of imidazole rings is 2. The van der Waals surface area contributed by atoms with Crippen LogP contribution in [0, 0.1) is 23.7 Å². The third-order valence-electron chi connectivity index (χ3n) is 11.9. The van der Waals surface area contributed by atoms with Crippen LogP contribution in [-0.2, 0) is 20.9 Å². The molecule has 3 aliphatic rings. The molecule has 12 nitrogen and oxygen atoms in total. The van der Waals surface area contributed by atoms with Crippen LogP contribution >= 0.6 is 0 Å². The molecule has 0 radical (unpaired) electrons. The van der Waals surface area contributed by atoms with Crippen LogP contribution in [0.1, 0.15) is 75.1 Å². The number of methoxy groups -OCH3 is 1. The molecule has 5 aromatic rings. The molecule has 3 unspecified atom stereocenters. The highest BCUT2D eigenvalue weighted by molar-refractivity contribution is 5.86. The van der Waals surface area contributed by atoms with E-state index in [1.807, 2.05) is 43.3 Å². The summed E-state index contributed by atoms with van der Waals surface area (Å²) < 4.78 is 4.76. The third kappa shape index (κ3) is 7.37. The molecule has 3 fully saturated rings. The van der Waals surface area contributed by atoms with Gasteiger partial charge in [-0.2, -0.15) is 0 Å². The van der Waals surface area contributed by atoms with Gasteiger partial charge in [-0.15, -0.1) is 0 Å². The Bertz CT molecular complexity index is 2130. The lowest BCUT2D eigenvalue weighted by atomic mass is 9.78. The first-order valence-corrected chi connectivity index (χ1v) is 19.4. The molecule has 284 valence electrons. The standard InChI is InChI=1S/C43H48N8O4/c1-25(2)38(50-43(54)55-3)42(53)51-19-5-7-35(51)39-45-23-33(48-39)29-12-8-27(9-13-29)28-10-14-30(15-11-28)34-24-46-40(49-34)36-31-16-17-32(20-31)37(36)41(52)47-22-26-6-4-18-44-21-26/h4,6,8-15,18,21,23-25,31-32,35-38H,5,7,16-17,19-20,22H2,1-3H3,(H,45,48)(H,46,49)(H,47,52)(H,50,54)/t31?,32?,35-,36?,37-,38-/m0/s1. The fourth-order valence-corrected chi connectivity index (χ4v) is 9.05. The van der Waals surface area contributed by atoms with Gasteiger partial charge in [0, 0.05) is 31.4 Å². The van der Waals surface area contributed by atoms with Crippen molar-refractivity contribution >= 4 is 17.9 Å². The Labute approximate surface area is 320 Å². The van der Waals surface area contributed by atoms with E-state index in [0.717, 1.165) is 83.0 Å². The Morgan fingerprint density at radius 2 is 1.47 bits per heavy atom. The van der Waals surface area contributed by atoms with Gasteiger partial charge < -0.3 is 30.2 Å². The van der Waals surface area contributed by atoms with Crippen LogP contribution in [0.15, 0.2) is 85.5 Å². The average molecular weight is 741 g/mol. The molecule has 12 heteroatoms. The number of benzene rings is 2. The van der Waals surface area contributed by atoms with Gasteiger partial charge in [0.05, 0.1) is 42.9 Å². The molecule has 0 spiro atoms. The number of ether oxygens (including phenoxy) is 1. The predicted molar refractivity (Wildman–Crippen MR) is 208 cm³/mol. The minimum atomic E-state index is -0.676. The highest BCUT2D eigenvalue weighted by Crippen LogP contribution is 2.56. The van der Waals surface area contributed by atoms with E-state index < -0.39 is 12.1 Å². The molecular formula is C43H48N8O4. The summed E-state index contributed by atoms with van der Waals surface area (Å²) >= 11 is 0. The van der Waals surface area contributed by atoms with E-state index in [9.17, 15) is 14.4 Å². The molecule has 2 aliphatic carbocycles. The van der Waals surface area contributed by atoms with Crippen molar-refractivity contribution in [3.63, 3.8) is 0 Å². The van der Waals surface area contributed by atoms with Crippen molar-refractivity contribution in [2.24, 2.45) is 23.7 Å². The number of aromatic amines is 2.